The predicted octanol–water partition coefficient (Wildman–Crippen LogP) is 1.43. The van der Waals surface area contributed by atoms with Gasteiger partial charge in [0.1, 0.15) is 0 Å². The summed E-state index contributed by atoms with van der Waals surface area (Å²) in [6.45, 7) is 0.0476. The van der Waals surface area contributed by atoms with Crippen molar-refractivity contribution < 1.29 is 5.11 Å². The Kier molecular flexibility index (Phi) is 2.02. The molecule has 2 aromatic heterocycles. The molecule has 0 atom stereocenters. The van der Waals surface area contributed by atoms with Crippen LogP contribution in [0.5, 0.6) is 0 Å². The van der Waals surface area contributed by atoms with Gasteiger partial charge in [0.25, 0.3) is 0 Å². The zero-order valence-corrected chi connectivity index (χ0v) is 8.39. The highest BCUT2D eigenvalue weighted by molar-refractivity contribution is 14.1. The van der Waals surface area contributed by atoms with Gasteiger partial charge in [-0.2, -0.15) is 0 Å². The second kappa shape index (κ2) is 3.02. The molecule has 1 N–H and O–H groups in total. The third-order valence-electron chi connectivity index (χ3n) is 1.78. The highest BCUT2D eigenvalue weighted by atomic mass is 127. The van der Waals surface area contributed by atoms with E-state index < -0.39 is 0 Å². The molecular weight excluding hydrogens is 267 g/mol. The lowest BCUT2D eigenvalue weighted by atomic mass is 10.3. The molecule has 0 amide bonds. The molecule has 4 heteroatoms. The maximum absolute atomic E-state index is 9.08. The van der Waals surface area contributed by atoms with Crippen molar-refractivity contribution in [2.75, 3.05) is 0 Å². The van der Waals surface area contributed by atoms with Gasteiger partial charge in [0, 0.05) is 3.57 Å². The summed E-state index contributed by atoms with van der Waals surface area (Å²) in [6.07, 6.45) is 3.48. The third kappa shape index (κ3) is 1.11. The Morgan fingerprint density at radius 3 is 3.08 bits per heavy atom. The highest BCUT2D eigenvalue weighted by Crippen LogP contribution is 2.14. The first-order chi connectivity index (χ1) is 5.83. The van der Waals surface area contributed by atoms with E-state index in [1.807, 2.05) is 16.5 Å². The molecular formula is C8H7IN2O. The van der Waals surface area contributed by atoms with Crippen LogP contribution in [0.3, 0.4) is 0 Å². The lowest BCUT2D eigenvalue weighted by Crippen LogP contribution is -1.98. The van der Waals surface area contributed by atoms with Crippen LogP contribution in [0.4, 0.5) is 0 Å². The number of aliphatic hydroxyl groups excluding tert-OH is 1. The van der Waals surface area contributed by atoms with Gasteiger partial charge >= 0.3 is 0 Å². The normalized spacial score (nSPS) is 10.8. The molecule has 0 radical (unpaired) electrons. The molecule has 0 aliphatic rings. The largest absolute Gasteiger partial charge is 0.390 e. The molecule has 0 saturated carbocycles. The van der Waals surface area contributed by atoms with Crippen LogP contribution >= 0.6 is 22.6 Å². The number of aliphatic hydroxyl groups is 1. The van der Waals surface area contributed by atoms with Crippen molar-refractivity contribution in [3.05, 3.63) is 33.9 Å². The Labute approximate surface area is 83.2 Å². The van der Waals surface area contributed by atoms with E-state index in [-0.39, 0.29) is 6.61 Å². The SMILES string of the molecule is OCc1c(I)ccc2cncn12. The van der Waals surface area contributed by atoms with Crippen molar-refractivity contribution >= 4 is 28.1 Å². The quantitative estimate of drug-likeness (QED) is 0.799. The minimum absolute atomic E-state index is 0.0476. The van der Waals surface area contributed by atoms with E-state index in [9.17, 15) is 0 Å². The monoisotopic (exact) mass is 274 g/mol. The van der Waals surface area contributed by atoms with E-state index in [0.717, 1.165) is 14.8 Å². The summed E-state index contributed by atoms with van der Waals surface area (Å²) in [6, 6.07) is 3.96. The summed E-state index contributed by atoms with van der Waals surface area (Å²) in [4.78, 5) is 4.00. The van der Waals surface area contributed by atoms with E-state index in [1.165, 1.54) is 0 Å². The average Bonchev–Trinajstić information content (AvgIpc) is 2.52. The highest BCUT2D eigenvalue weighted by Gasteiger charge is 2.02. The van der Waals surface area contributed by atoms with Crippen LogP contribution in [0.25, 0.3) is 5.52 Å². The lowest BCUT2D eigenvalue weighted by Gasteiger charge is -2.03. The molecule has 0 aliphatic carbocycles. The zero-order valence-electron chi connectivity index (χ0n) is 6.24. The summed E-state index contributed by atoms with van der Waals surface area (Å²) in [5.74, 6) is 0. The van der Waals surface area contributed by atoms with Gasteiger partial charge in [-0.25, -0.2) is 4.98 Å². The molecule has 0 aliphatic heterocycles. The Morgan fingerprint density at radius 1 is 1.50 bits per heavy atom. The Hall–Kier alpha value is -0.620. The van der Waals surface area contributed by atoms with Crippen molar-refractivity contribution in [1.82, 2.24) is 9.38 Å². The van der Waals surface area contributed by atoms with Crippen LogP contribution in [0.15, 0.2) is 24.7 Å². The Balaban J connectivity index is 2.83. The van der Waals surface area contributed by atoms with Crippen LogP contribution in [0, 0.1) is 3.57 Å². The molecule has 2 heterocycles. The van der Waals surface area contributed by atoms with E-state index in [2.05, 4.69) is 27.6 Å². The number of hydrogen-bond donors (Lipinski definition) is 1. The van der Waals surface area contributed by atoms with Gasteiger partial charge in [0.05, 0.1) is 30.3 Å². The first kappa shape index (κ1) is 8.00. The molecule has 0 fully saturated rings. The van der Waals surface area contributed by atoms with Gasteiger partial charge in [0.2, 0.25) is 0 Å². The summed E-state index contributed by atoms with van der Waals surface area (Å²) < 4.78 is 2.95. The van der Waals surface area contributed by atoms with Gasteiger partial charge in [0.15, 0.2) is 0 Å². The number of fused-ring (bicyclic) bond motifs is 1. The molecule has 0 bridgehead atoms. The standard InChI is InChI=1S/C8H7IN2O/c9-7-2-1-6-3-10-5-11(6)8(7)4-12/h1-3,5,12H,4H2. The van der Waals surface area contributed by atoms with Crippen molar-refractivity contribution in [2.24, 2.45) is 0 Å². The van der Waals surface area contributed by atoms with Gasteiger partial charge in [-0.05, 0) is 34.7 Å². The summed E-state index contributed by atoms with van der Waals surface area (Å²) >= 11 is 2.20. The second-order valence-corrected chi connectivity index (χ2v) is 3.64. The van der Waals surface area contributed by atoms with Gasteiger partial charge < -0.3 is 5.11 Å². The van der Waals surface area contributed by atoms with Crippen molar-refractivity contribution in [2.45, 2.75) is 6.61 Å². The molecule has 0 saturated heterocycles. The molecule has 0 aromatic carbocycles. The fourth-order valence-corrected chi connectivity index (χ4v) is 1.79. The number of halogens is 1. The van der Waals surface area contributed by atoms with Crippen LogP contribution in [0.2, 0.25) is 0 Å². The number of hydrogen-bond acceptors (Lipinski definition) is 2. The average molecular weight is 274 g/mol. The van der Waals surface area contributed by atoms with Gasteiger partial charge in [-0.1, -0.05) is 0 Å². The van der Waals surface area contributed by atoms with Gasteiger partial charge in [-0.3, -0.25) is 4.40 Å². The minimum atomic E-state index is 0.0476. The van der Waals surface area contributed by atoms with Crippen LogP contribution in [0.1, 0.15) is 5.69 Å². The summed E-state index contributed by atoms with van der Waals surface area (Å²) in [5, 5.41) is 9.08. The van der Waals surface area contributed by atoms with Crippen LogP contribution in [-0.4, -0.2) is 14.5 Å². The molecule has 0 unspecified atom stereocenters. The third-order valence-corrected chi connectivity index (χ3v) is 2.77. The molecule has 2 rings (SSSR count). The predicted molar refractivity (Wildman–Crippen MR) is 53.8 cm³/mol. The number of rotatable bonds is 1. The van der Waals surface area contributed by atoms with E-state index in [0.29, 0.717) is 0 Å². The number of aromatic nitrogens is 2. The van der Waals surface area contributed by atoms with Gasteiger partial charge in [-0.15, -0.1) is 0 Å². The van der Waals surface area contributed by atoms with Crippen molar-refractivity contribution in [3.8, 4) is 0 Å². The number of pyridine rings is 1. The fraction of sp³-hybridized carbons (Fsp3) is 0.125. The summed E-state index contributed by atoms with van der Waals surface area (Å²) in [5.41, 5.74) is 1.91. The van der Waals surface area contributed by atoms with Crippen molar-refractivity contribution in [3.63, 3.8) is 0 Å². The van der Waals surface area contributed by atoms with Crippen LogP contribution in [-0.2, 0) is 6.61 Å². The van der Waals surface area contributed by atoms with E-state index in [1.54, 1.807) is 12.5 Å². The summed E-state index contributed by atoms with van der Waals surface area (Å²) in [7, 11) is 0. The van der Waals surface area contributed by atoms with Crippen LogP contribution < -0.4 is 0 Å². The fourth-order valence-electron chi connectivity index (χ4n) is 1.18. The Bertz CT molecular complexity index is 410. The topological polar surface area (TPSA) is 37.5 Å². The van der Waals surface area contributed by atoms with E-state index in [4.69, 9.17) is 5.11 Å². The molecule has 12 heavy (non-hydrogen) atoms. The molecule has 62 valence electrons. The minimum Gasteiger partial charge on any atom is -0.390 e. The smallest absolute Gasteiger partial charge is 0.0995 e. The van der Waals surface area contributed by atoms with E-state index >= 15 is 0 Å². The molecule has 2 aromatic rings. The first-order valence-corrected chi connectivity index (χ1v) is 4.61. The zero-order chi connectivity index (χ0) is 8.55. The maximum atomic E-state index is 9.08. The lowest BCUT2D eigenvalue weighted by molar-refractivity contribution is 0.274. The van der Waals surface area contributed by atoms with Crippen molar-refractivity contribution in [1.29, 1.82) is 0 Å². The molecule has 0 spiro atoms. The second-order valence-electron chi connectivity index (χ2n) is 2.47. The number of nitrogens with zero attached hydrogens (tertiary/aromatic N) is 2. The maximum Gasteiger partial charge on any atom is 0.0995 e. The molecule has 3 nitrogen and oxygen atoms in total. The first-order valence-electron chi connectivity index (χ1n) is 3.53. The number of imidazole rings is 1. The Morgan fingerprint density at radius 2 is 2.33 bits per heavy atom.